The van der Waals surface area contributed by atoms with Crippen molar-refractivity contribution < 1.29 is 4.74 Å². The summed E-state index contributed by atoms with van der Waals surface area (Å²) in [6, 6.07) is 2.07. The van der Waals surface area contributed by atoms with Gasteiger partial charge in [0.2, 0.25) is 11.2 Å². The molecule has 1 unspecified atom stereocenters. The Kier molecular flexibility index (Phi) is 5.61. The maximum absolute atomic E-state index is 5.97. The Morgan fingerprint density at radius 2 is 2.15 bits per heavy atom. The van der Waals surface area contributed by atoms with Crippen LogP contribution in [0, 0.1) is 12.8 Å². The number of ether oxygens (including phenoxy) is 1. The van der Waals surface area contributed by atoms with E-state index in [-0.39, 0.29) is 5.28 Å². The maximum atomic E-state index is 5.97. The molecule has 0 saturated carbocycles. The average molecular weight is 313 g/mol. The van der Waals surface area contributed by atoms with E-state index >= 15 is 0 Å². The van der Waals surface area contributed by atoms with Gasteiger partial charge < -0.3 is 4.74 Å². The Labute approximate surface area is 129 Å². The van der Waals surface area contributed by atoms with Crippen LogP contribution in [0.15, 0.2) is 6.07 Å². The highest BCUT2D eigenvalue weighted by atomic mass is 35.5. The third-order valence-electron chi connectivity index (χ3n) is 3.45. The predicted octanol–water partition coefficient (Wildman–Crippen LogP) is 5.25. The largest absolute Gasteiger partial charge is 0.477 e. The molecule has 1 atom stereocenters. The Bertz CT molecular complexity index is 570. The highest BCUT2D eigenvalue weighted by Gasteiger charge is 2.13. The van der Waals surface area contributed by atoms with E-state index in [4.69, 9.17) is 16.3 Å². The number of hydrogen-bond donors (Lipinski definition) is 0. The molecule has 2 rings (SSSR count). The number of rotatable bonds is 7. The van der Waals surface area contributed by atoms with Gasteiger partial charge >= 0.3 is 0 Å². The van der Waals surface area contributed by atoms with Crippen LogP contribution in [0.25, 0.3) is 10.2 Å². The van der Waals surface area contributed by atoms with Crippen LogP contribution in [0.2, 0.25) is 5.28 Å². The van der Waals surface area contributed by atoms with E-state index in [1.54, 1.807) is 11.3 Å². The monoisotopic (exact) mass is 312 g/mol. The molecule has 0 aromatic carbocycles. The molecule has 0 fully saturated rings. The van der Waals surface area contributed by atoms with Crippen LogP contribution in [0.5, 0.6) is 5.88 Å². The second kappa shape index (κ2) is 7.23. The molecule has 0 aliphatic carbocycles. The molecular formula is C15H21ClN2OS. The molecule has 0 N–H and O–H groups in total. The van der Waals surface area contributed by atoms with Crippen LogP contribution in [0.4, 0.5) is 0 Å². The minimum atomic E-state index is 0.260. The summed E-state index contributed by atoms with van der Waals surface area (Å²) in [7, 11) is 0. The number of aryl methyl sites for hydroxylation is 1. The van der Waals surface area contributed by atoms with E-state index in [9.17, 15) is 0 Å². The summed E-state index contributed by atoms with van der Waals surface area (Å²) in [5.74, 6) is 1.21. The van der Waals surface area contributed by atoms with E-state index in [1.807, 2.05) is 0 Å². The van der Waals surface area contributed by atoms with E-state index in [0.29, 0.717) is 18.4 Å². The summed E-state index contributed by atoms with van der Waals surface area (Å²) in [6.07, 6.45) is 4.81. The van der Waals surface area contributed by atoms with E-state index in [1.165, 1.54) is 24.1 Å². The molecule has 0 bridgehead atoms. The van der Waals surface area contributed by atoms with Crippen LogP contribution in [0.3, 0.4) is 0 Å². The fourth-order valence-corrected chi connectivity index (χ4v) is 3.28. The molecule has 20 heavy (non-hydrogen) atoms. The number of hydrogen-bond acceptors (Lipinski definition) is 4. The zero-order chi connectivity index (χ0) is 14.5. The first-order valence-electron chi connectivity index (χ1n) is 7.20. The topological polar surface area (TPSA) is 35.0 Å². The minimum absolute atomic E-state index is 0.260. The van der Waals surface area contributed by atoms with Crippen molar-refractivity contribution in [3.05, 3.63) is 16.2 Å². The highest BCUT2D eigenvalue weighted by molar-refractivity contribution is 7.18. The third-order valence-corrected chi connectivity index (χ3v) is 4.57. The number of halogens is 1. The van der Waals surface area contributed by atoms with Gasteiger partial charge in [0.15, 0.2) is 0 Å². The average Bonchev–Trinajstić information content (AvgIpc) is 2.79. The van der Waals surface area contributed by atoms with Crippen molar-refractivity contribution in [2.75, 3.05) is 6.61 Å². The van der Waals surface area contributed by atoms with E-state index in [0.717, 1.165) is 16.6 Å². The smallest absolute Gasteiger partial charge is 0.227 e. The second-order valence-corrected chi connectivity index (χ2v) is 6.67. The summed E-state index contributed by atoms with van der Waals surface area (Å²) in [6.45, 7) is 7.18. The van der Waals surface area contributed by atoms with Gasteiger partial charge in [-0.05, 0) is 36.9 Å². The molecule has 0 aliphatic heterocycles. The minimum Gasteiger partial charge on any atom is -0.477 e. The molecular weight excluding hydrogens is 292 g/mol. The lowest BCUT2D eigenvalue weighted by molar-refractivity contribution is 0.228. The third kappa shape index (κ3) is 3.83. The van der Waals surface area contributed by atoms with Crippen molar-refractivity contribution >= 4 is 33.2 Å². The number of thiophene rings is 1. The molecule has 3 nitrogen and oxygen atoms in total. The first-order valence-corrected chi connectivity index (χ1v) is 8.40. The lowest BCUT2D eigenvalue weighted by Gasteiger charge is -2.15. The summed E-state index contributed by atoms with van der Waals surface area (Å²) in [4.78, 5) is 10.6. The maximum Gasteiger partial charge on any atom is 0.227 e. The van der Waals surface area contributed by atoms with Crippen molar-refractivity contribution in [1.29, 1.82) is 0 Å². The Morgan fingerprint density at radius 1 is 1.35 bits per heavy atom. The van der Waals surface area contributed by atoms with Gasteiger partial charge in [0.25, 0.3) is 0 Å². The van der Waals surface area contributed by atoms with Gasteiger partial charge in [-0.2, -0.15) is 4.98 Å². The zero-order valence-corrected chi connectivity index (χ0v) is 13.9. The number of aromatic nitrogens is 2. The summed E-state index contributed by atoms with van der Waals surface area (Å²) < 4.78 is 5.93. The number of nitrogens with zero attached hydrogens (tertiary/aromatic N) is 2. The first-order chi connectivity index (χ1) is 9.63. The van der Waals surface area contributed by atoms with Gasteiger partial charge in [-0.1, -0.05) is 33.1 Å². The lowest BCUT2D eigenvalue weighted by Crippen LogP contribution is -2.12. The fourth-order valence-electron chi connectivity index (χ4n) is 2.20. The molecule has 2 heterocycles. The Balaban J connectivity index is 2.12. The van der Waals surface area contributed by atoms with Crippen LogP contribution in [0.1, 0.15) is 44.4 Å². The molecule has 0 spiro atoms. The predicted molar refractivity (Wildman–Crippen MR) is 86.0 cm³/mol. The van der Waals surface area contributed by atoms with Crippen molar-refractivity contribution in [3.8, 4) is 5.88 Å². The molecule has 0 aliphatic rings. The van der Waals surface area contributed by atoms with Crippen molar-refractivity contribution in [1.82, 2.24) is 9.97 Å². The van der Waals surface area contributed by atoms with E-state index in [2.05, 4.69) is 36.8 Å². The molecule has 2 aromatic rings. The van der Waals surface area contributed by atoms with Crippen molar-refractivity contribution in [2.24, 2.45) is 5.92 Å². The molecule has 2 aromatic heterocycles. The molecule has 110 valence electrons. The number of fused-ring (bicyclic) bond motifs is 1. The van der Waals surface area contributed by atoms with Crippen molar-refractivity contribution in [3.63, 3.8) is 0 Å². The van der Waals surface area contributed by atoms with Gasteiger partial charge in [-0.3, -0.25) is 0 Å². The molecule has 0 radical (unpaired) electrons. The second-order valence-electron chi connectivity index (χ2n) is 5.10. The fraction of sp³-hybridized carbons (Fsp3) is 0.600. The standard InChI is InChI=1S/C15H21ClN2OS/c1-4-6-7-11(5-2)9-19-13-12-8-10(3)20-14(12)18-15(16)17-13/h8,11H,4-7,9H2,1-3H3. The molecule has 0 amide bonds. The lowest BCUT2D eigenvalue weighted by atomic mass is 10.0. The van der Waals surface area contributed by atoms with Crippen LogP contribution in [-0.2, 0) is 0 Å². The van der Waals surface area contributed by atoms with Gasteiger partial charge in [0.05, 0.1) is 12.0 Å². The molecule has 5 heteroatoms. The molecule has 0 saturated heterocycles. The Morgan fingerprint density at radius 3 is 2.85 bits per heavy atom. The van der Waals surface area contributed by atoms with Crippen LogP contribution in [-0.4, -0.2) is 16.6 Å². The van der Waals surface area contributed by atoms with Crippen LogP contribution < -0.4 is 4.74 Å². The Hall–Kier alpha value is -0.870. The SMILES string of the molecule is CCCCC(CC)COc1nc(Cl)nc2sc(C)cc12. The van der Waals surface area contributed by atoms with Gasteiger partial charge in [-0.25, -0.2) is 4.98 Å². The van der Waals surface area contributed by atoms with Gasteiger partial charge in [0, 0.05) is 4.88 Å². The van der Waals surface area contributed by atoms with Gasteiger partial charge in [-0.15, -0.1) is 11.3 Å². The first kappa shape index (κ1) is 15.5. The summed E-state index contributed by atoms with van der Waals surface area (Å²) in [5, 5.41) is 1.23. The van der Waals surface area contributed by atoms with Gasteiger partial charge in [0.1, 0.15) is 4.83 Å². The summed E-state index contributed by atoms with van der Waals surface area (Å²) >= 11 is 7.59. The zero-order valence-electron chi connectivity index (χ0n) is 12.3. The highest BCUT2D eigenvalue weighted by Crippen LogP contribution is 2.31. The number of unbranched alkanes of at least 4 members (excludes halogenated alkanes) is 1. The van der Waals surface area contributed by atoms with E-state index < -0.39 is 0 Å². The normalized spacial score (nSPS) is 12.8. The summed E-state index contributed by atoms with van der Waals surface area (Å²) in [5.41, 5.74) is 0. The quantitative estimate of drug-likeness (QED) is 0.655. The van der Waals surface area contributed by atoms with Crippen molar-refractivity contribution in [2.45, 2.75) is 46.5 Å². The van der Waals surface area contributed by atoms with Crippen LogP contribution >= 0.6 is 22.9 Å².